The highest BCUT2D eigenvalue weighted by Crippen LogP contribution is 2.28. The second kappa shape index (κ2) is 7.21. The molecule has 0 saturated carbocycles. The molecule has 2 heterocycles. The van der Waals surface area contributed by atoms with E-state index in [9.17, 15) is 14.0 Å². The number of nitrogens with zero attached hydrogens (tertiary/aromatic N) is 3. The highest BCUT2D eigenvalue weighted by molar-refractivity contribution is 7.14. The average molecular weight is 417 g/mol. The minimum Gasteiger partial charge on any atom is -0.300 e. The van der Waals surface area contributed by atoms with E-state index in [1.165, 1.54) is 32.6 Å². The van der Waals surface area contributed by atoms with Gasteiger partial charge in [-0.25, -0.2) is 14.2 Å². The predicted octanol–water partition coefficient (Wildman–Crippen LogP) is 3.89. The quantitative estimate of drug-likeness (QED) is 0.548. The summed E-state index contributed by atoms with van der Waals surface area (Å²) in [5.74, 6) is -0.869. The van der Waals surface area contributed by atoms with Gasteiger partial charge < -0.3 is 5.32 Å². The molecule has 0 bridgehead atoms. The first-order chi connectivity index (χ1) is 13.4. The number of halogens is 2. The third-order valence-electron chi connectivity index (χ3n) is 4.32. The Labute approximate surface area is 167 Å². The lowest BCUT2D eigenvalue weighted by molar-refractivity contribution is -0.116. The molecule has 28 heavy (non-hydrogen) atoms. The molecule has 1 amide bonds. The molecule has 0 aliphatic heterocycles. The monoisotopic (exact) mass is 416 g/mol. The lowest BCUT2D eigenvalue weighted by Gasteiger charge is -2.03. The van der Waals surface area contributed by atoms with Crippen LogP contribution in [0.4, 0.5) is 9.52 Å². The van der Waals surface area contributed by atoms with E-state index in [4.69, 9.17) is 11.6 Å². The van der Waals surface area contributed by atoms with Gasteiger partial charge in [-0.1, -0.05) is 23.7 Å². The fraction of sp³-hybridized carbons (Fsp3) is 0.105. The topological polar surface area (TPSA) is 68.9 Å². The van der Waals surface area contributed by atoms with Gasteiger partial charge in [-0.3, -0.25) is 13.9 Å². The van der Waals surface area contributed by atoms with Crippen LogP contribution < -0.4 is 11.0 Å². The summed E-state index contributed by atoms with van der Waals surface area (Å²) >= 11 is 7.04. The number of fused-ring (bicyclic) bond motifs is 1. The normalized spacial score (nSPS) is 11.1. The third kappa shape index (κ3) is 3.32. The summed E-state index contributed by atoms with van der Waals surface area (Å²) in [4.78, 5) is 29.2. The standard InChI is InChI=1S/C19H14ClFN4O2S/c1-24-15-4-2-3-5-16(15)25(19(24)27)9-17(26)23-18-22-14(10-28-18)11-6-7-13(21)12(20)8-11/h2-8,10H,9H2,1H3,(H,22,23,26). The highest BCUT2D eigenvalue weighted by Gasteiger charge is 2.15. The van der Waals surface area contributed by atoms with E-state index in [-0.39, 0.29) is 23.2 Å². The number of amides is 1. The van der Waals surface area contributed by atoms with Crippen LogP contribution in [0.15, 0.2) is 52.6 Å². The Bertz CT molecular complexity index is 1260. The Morgan fingerprint density at radius 2 is 2.00 bits per heavy atom. The van der Waals surface area contributed by atoms with Gasteiger partial charge in [-0.2, -0.15) is 0 Å². The summed E-state index contributed by atoms with van der Waals surface area (Å²) in [5, 5.41) is 4.83. The van der Waals surface area contributed by atoms with E-state index in [0.29, 0.717) is 21.9 Å². The number of carbonyl (C=O) groups is 1. The van der Waals surface area contributed by atoms with Crippen molar-refractivity contribution in [2.24, 2.45) is 7.05 Å². The molecule has 4 aromatic rings. The lowest BCUT2D eigenvalue weighted by Crippen LogP contribution is -2.28. The number of hydrogen-bond donors (Lipinski definition) is 1. The number of carbonyl (C=O) groups excluding carboxylic acids is 1. The number of nitrogens with one attached hydrogen (secondary N) is 1. The van der Waals surface area contributed by atoms with Gasteiger partial charge in [0, 0.05) is 18.0 Å². The largest absolute Gasteiger partial charge is 0.329 e. The van der Waals surface area contributed by atoms with Gasteiger partial charge in [0.1, 0.15) is 12.4 Å². The van der Waals surface area contributed by atoms with E-state index in [2.05, 4.69) is 10.3 Å². The Balaban J connectivity index is 1.54. The summed E-state index contributed by atoms with van der Waals surface area (Å²) in [6.45, 7) is -0.128. The average Bonchev–Trinajstić information content (AvgIpc) is 3.23. The van der Waals surface area contributed by atoms with Gasteiger partial charge in [0.05, 0.1) is 21.7 Å². The number of anilines is 1. The van der Waals surface area contributed by atoms with Crippen molar-refractivity contribution < 1.29 is 9.18 Å². The minimum absolute atomic E-state index is 0.00594. The van der Waals surface area contributed by atoms with Crippen molar-refractivity contribution in [3.8, 4) is 11.3 Å². The molecule has 0 radical (unpaired) electrons. The summed E-state index contributed by atoms with van der Waals surface area (Å²) in [5.41, 5.74) is 2.39. The first kappa shape index (κ1) is 18.4. The van der Waals surface area contributed by atoms with Crippen LogP contribution in [0.1, 0.15) is 0 Å². The number of benzene rings is 2. The van der Waals surface area contributed by atoms with Crippen LogP contribution in [-0.2, 0) is 18.4 Å². The number of aryl methyl sites for hydroxylation is 1. The number of aromatic nitrogens is 3. The van der Waals surface area contributed by atoms with Crippen molar-refractivity contribution in [3.63, 3.8) is 0 Å². The molecule has 0 fully saturated rings. The molecule has 0 aliphatic rings. The maximum absolute atomic E-state index is 13.3. The van der Waals surface area contributed by atoms with Gasteiger partial charge in [-0.05, 0) is 30.3 Å². The fourth-order valence-electron chi connectivity index (χ4n) is 2.94. The first-order valence-electron chi connectivity index (χ1n) is 8.29. The van der Waals surface area contributed by atoms with Crippen molar-refractivity contribution in [1.29, 1.82) is 0 Å². The number of rotatable bonds is 4. The maximum Gasteiger partial charge on any atom is 0.329 e. The minimum atomic E-state index is -0.505. The van der Waals surface area contributed by atoms with Crippen LogP contribution in [-0.4, -0.2) is 20.0 Å². The summed E-state index contributed by atoms with van der Waals surface area (Å²) in [6, 6.07) is 11.6. The molecule has 9 heteroatoms. The van der Waals surface area contributed by atoms with Crippen molar-refractivity contribution in [1.82, 2.24) is 14.1 Å². The predicted molar refractivity (Wildman–Crippen MR) is 108 cm³/mol. The van der Waals surface area contributed by atoms with Gasteiger partial charge in [0.15, 0.2) is 5.13 Å². The Morgan fingerprint density at radius 3 is 2.75 bits per heavy atom. The molecule has 0 aliphatic carbocycles. The smallest absolute Gasteiger partial charge is 0.300 e. The molecule has 0 spiro atoms. The van der Waals surface area contributed by atoms with Gasteiger partial charge in [0.25, 0.3) is 0 Å². The molecule has 1 N–H and O–H groups in total. The zero-order chi connectivity index (χ0) is 19.8. The van der Waals surface area contributed by atoms with Crippen molar-refractivity contribution in [2.45, 2.75) is 6.54 Å². The molecule has 6 nitrogen and oxygen atoms in total. The van der Waals surface area contributed by atoms with E-state index < -0.39 is 5.82 Å². The Morgan fingerprint density at radius 1 is 1.25 bits per heavy atom. The van der Waals surface area contributed by atoms with Crippen LogP contribution >= 0.6 is 22.9 Å². The summed E-state index contributed by atoms with van der Waals surface area (Å²) in [7, 11) is 1.67. The first-order valence-corrected chi connectivity index (χ1v) is 9.55. The van der Waals surface area contributed by atoms with E-state index in [0.717, 1.165) is 5.52 Å². The Hall–Kier alpha value is -2.97. The van der Waals surface area contributed by atoms with Crippen LogP contribution in [0.3, 0.4) is 0 Å². The van der Waals surface area contributed by atoms with Gasteiger partial charge in [-0.15, -0.1) is 11.3 Å². The van der Waals surface area contributed by atoms with E-state index >= 15 is 0 Å². The molecule has 4 rings (SSSR count). The SMILES string of the molecule is Cn1c(=O)n(CC(=O)Nc2nc(-c3ccc(F)c(Cl)c3)cs2)c2ccccc21. The van der Waals surface area contributed by atoms with Crippen molar-refractivity contribution >= 4 is 45.0 Å². The molecular weight excluding hydrogens is 403 g/mol. The molecule has 2 aromatic carbocycles. The second-order valence-electron chi connectivity index (χ2n) is 6.13. The van der Waals surface area contributed by atoms with E-state index in [1.807, 2.05) is 18.2 Å². The summed E-state index contributed by atoms with van der Waals surface area (Å²) < 4.78 is 16.2. The maximum atomic E-state index is 13.3. The third-order valence-corrected chi connectivity index (χ3v) is 5.37. The zero-order valence-corrected chi connectivity index (χ0v) is 16.2. The van der Waals surface area contributed by atoms with Crippen LogP contribution in [0.2, 0.25) is 5.02 Å². The fourth-order valence-corrected chi connectivity index (χ4v) is 3.85. The number of hydrogen-bond acceptors (Lipinski definition) is 4. The number of thiazole rings is 1. The van der Waals surface area contributed by atoms with Gasteiger partial charge >= 0.3 is 5.69 Å². The molecule has 0 saturated heterocycles. The molecule has 0 atom stereocenters. The van der Waals surface area contributed by atoms with Gasteiger partial charge in [0.2, 0.25) is 5.91 Å². The lowest BCUT2D eigenvalue weighted by atomic mass is 10.2. The highest BCUT2D eigenvalue weighted by atomic mass is 35.5. The molecule has 142 valence electrons. The summed E-state index contributed by atoms with van der Waals surface area (Å²) in [6.07, 6.45) is 0. The van der Waals surface area contributed by atoms with E-state index in [1.54, 1.807) is 24.6 Å². The molecule has 0 unspecified atom stereocenters. The Kier molecular flexibility index (Phi) is 4.74. The van der Waals surface area contributed by atoms with Crippen molar-refractivity contribution in [3.05, 3.63) is 69.2 Å². The van der Waals surface area contributed by atoms with Crippen LogP contribution in [0.5, 0.6) is 0 Å². The number of para-hydroxylation sites is 2. The number of imidazole rings is 1. The second-order valence-corrected chi connectivity index (χ2v) is 7.40. The van der Waals surface area contributed by atoms with Crippen LogP contribution in [0.25, 0.3) is 22.3 Å². The molecule has 2 aromatic heterocycles. The van der Waals surface area contributed by atoms with Crippen molar-refractivity contribution in [2.75, 3.05) is 5.32 Å². The zero-order valence-electron chi connectivity index (χ0n) is 14.6. The molecular formula is C19H14ClFN4O2S. The van der Waals surface area contributed by atoms with Crippen LogP contribution in [0, 0.1) is 5.82 Å².